The first-order chi connectivity index (χ1) is 12.7. The number of ether oxygens (including phenoxy) is 1. The molecule has 0 spiro atoms. The van der Waals surface area contributed by atoms with Crippen LogP contribution in [0.5, 0.6) is 0 Å². The molecular formula is C21H23N3O2. The maximum atomic E-state index is 6.12. The fourth-order valence-electron chi connectivity index (χ4n) is 3.34. The number of benzene rings is 2. The van der Waals surface area contributed by atoms with Crippen molar-refractivity contribution in [2.24, 2.45) is 0 Å². The quantitative estimate of drug-likeness (QED) is 0.712. The minimum absolute atomic E-state index is 0.0689. The van der Waals surface area contributed by atoms with E-state index >= 15 is 0 Å². The van der Waals surface area contributed by atoms with Crippen molar-refractivity contribution in [3.05, 3.63) is 71.6 Å². The summed E-state index contributed by atoms with van der Waals surface area (Å²) in [5, 5.41) is 8.44. The Bertz CT molecular complexity index is 845. The van der Waals surface area contributed by atoms with Crippen molar-refractivity contribution in [3.8, 4) is 11.5 Å². The zero-order chi connectivity index (χ0) is 17.9. The second-order valence-corrected chi connectivity index (χ2v) is 6.91. The van der Waals surface area contributed by atoms with Crippen LogP contribution in [0, 0.1) is 6.92 Å². The summed E-state index contributed by atoms with van der Waals surface area (Å²) in [5.41, 5.74) is 3.37. The highest BCUT2D eigenvalue weighted by molar-refractivity contribution is 5.52. The number of morpholine rings is 1. The molecule has 2 atom stereocenters. The molecule has 0 saturated carbocycles. The van der Waals surface area contributed by atoms with Crippen molar-refractivity contribution in [2.75, 3.05) is 13.1 Å². The molecule has 1 fully saturated rings. The molecule has 2 unspecified atom stereocenters. The molecule has 1 aliphatic rings. The van der Waals surface area contributed by atoms with Crippen molar-refractivity contribution in [3.63, 3.8) is 0 Å². The predicted molar refractivity (Wildman–Crippen MR) is 99.5 cm³/mol. The van der Waals surface area contributed by atoms with Crippen LogP contribution in [-0.4, -0.2) is 34.3 Å². The molecular weight excluding hydrogens is 326 g/mol. The Morgan fingerprint density at radius 1 is 1.00 bits per heavy atom. The van der Waals surface area contributed by atoms with Crippen LogP contribution in [0.4, 0.5) is 0 Å². The molecule has 2 aromatic carbocycles. The third-order valence-corrected chi connectivity index (χ3v) is 4.63. The molecule has 0 N–H and O–H groups in total. The molecule has 0 aliphatic carbocycles. The smallest absolute Gasteiger partial charge is 0.247 e. The lowest BCUT2D eigenvalue weighted by molar-refractivity contribution is -0.0830. The van der Waals surface area contributed by atoms with Gasteiger partial charge < -0.3 is 9.15 Å². The first kappa shape index (κ1) is 16.9. The fourth-order valence-corrected chi connectivity index (χ4v) is 3.34. The van der Waals surface area contributed by atoms with Crippen LogP contribution in [0.15, 0.2) is 59.0 Å². The lowest BCUT2D eigenvalue weighted by Gasteiger charge is -2.36. The molecule has 2 heterocycles. The summed E-state index contributed by atoms with van der Waals surface area (Å²) in [5.74, 6) is 1.21. The zero-order valence-corrected chi connectivity index (χ0v) is 15.1. The maximum absolute atomic E-state index is 6.12. The van der Waals surface area contributed by atoms with E-state index in [1.807, 2.05) is 42.5 Å². The van der Waals surface area contributed by atoms with Gasteiger partial charge in [-0.05, 0) is 31.5 Å². The Balaban J connectivity index is 1.46. The third kappa shape index (κ3) is 3.84. The van der Waals surface area contributed by atoms with E-state index in [4.69, 9.17) is 9.15 Å². The van der Waals surface area contributed by atoms with Gasteiger partial charge in [-0.25, -0.2) is 0 Å². The molecule has 4 rings (SSSR count). The van der Waals surface area contributed by atoms with E-state index in [1.165, 1.54) is 11.1 Å². The van der Waals surface area contributed by atoms with Crippen molar-refractivity contribution in [2.45, 2.75) is 32.6 Å². The number of hydrogen-bond acceptors (Lipinski definition) is 5. The predicted octanol–water partition coefficient (Wildman–Crippen LogP) is 4.01. The molecule has 1 aromatic heterocycles. The van der Waals surface area contributed by atoms with Crippen LogP contribution < -0.4 is 0 Å². The van der Waals surface area contributed by atoms with E-state index in [1.54, 1.807) is 0 Å². The van der Waals surface area contributed by atoms with Crippen LogP contribution in [-0.2, 0) is 11.3 Å². The van der Waals surface area contributed by atoms with Gasteiger partial charge in [0.25, 0.3) is 0 Å². The van der Waals surface area contributed by atoms with E-state index in [0.717, 1.165) is 18.7 Å². The average molecular weight is 349 g/mol. The Kier molecular flexibility index (Phi) is 4.82. The van der Waals surface area contributed by atoms with Gasteiger partial charge in [0.2, 0.25) is 11.8 Å². The van der Waals surface area contributed by atoms with Crippen molar-refractivity contribution in [1.29, 1.82) is 0 Å². The summed E-state index contributed by atoms with van der Waals surface area (Å²) in [6, 6.07) is 18.5. The highest BCUT2D eigenvalue weighted by Crippen LogP contribution is 2.26. The van der Waals surface area contributed by atoms with Gasteiger partial charge in [0.1, 0.15) is 0 Å². The van der Waals surface area contributed by atoms with Crippen molar-refractivity contribution < 1.29 is 9.15 Å². The number of hydrogen-bond donors (Lipinski definition) is 0. The monoisotopic (exact) mass is 349 g/mol. The van der Waals surface area contributed by atoms with Gasteiger partial charge in [-0.3, -0.25) is 4.90 Å². The Hall–Kier alpha value is -2.50. The SMILES string of the molecule is Cc1ccc(-c2nnc(CN3CC(C)OC(c4ccccc4)C3)o2)cc1. The zero-order valence-electron chi connectivity index (χ0n) is 15.1. The van der Waals surface area contributed by atoms with Crippen LogP contribution in [0.3, 0.4) is 0 Å². The highest BCUT2D eigenvalue weighted by Gasteiger charge is 2.27. The molecule has 5 nitrogen and oxygen atoms in total. The van der Waals surface area contributed by atoms with Crippen LogP contribution in [0.25, 0.3) is 11.5 Å². The largest absolute Gasteiger partial charge is 0.419 e. The molecule has 26 heavy (non-hydrogen) atoms. The highest BCUT2D eigenvalue weighted by atomic mass is 16.5. The topological polar surface area (TPSA) is 51.4 Å². The summed E-state index contributed by atoms with van der Waals surface area (Å²) in [4.78, 5) is 2.32. The van der Waals surface area contributed by atoms with E-state index in [0.29, 0.717) is 18.3 Å². The second-order valence-electron chi connectivity index (χ2n) is 6.91. The van der Waals surface area contributed by atoms with Crippen LogP contribution >= 0.6 is 0 Å². The van der Waals surface area contributed by atoms with Crippen LogP contribution in [0.1, 0.15) is 30.0 Å². The van der Waals surface area contributed by atoms with Gasteiger partial charge >= 0.3 is 0 Å². The van der Waals surface area contributed by atoms with E-state index in [2.05, 4.69) is 41.1 Å². The second kappa shape index (κ2) is 7.40. The summed E-state index contributed by atoms with van der Waals surface area (Å²) < 4.78 is 12.0. The first-order valence-electron chi connectivity index (χ1n) is 8.99. The molecule has 3 aromatic rings. The summed E-state index contributed by atoms with van der Waals surface area (Å²) >= 11 is 0. The minimum Gasteiger partial charge on any atom is -0.419 e. The summed E-state index contributed by atoms with van der Waals surface area (Å²) in [7, 11) is 0. The molecule has 0 amide bonds. The number of rotatable bonds is 4. The molecule has 0 radical (unpaired) electrons. The van der Waals surface area contributed by atoms with Crippen molar-refractivity contribution in [1.82, 2.24) is 15.1 Å². The Labute approximate surface area is 153 Å². The lowest BCUT2D eigenvalue weighted by Crippen LogP contribution is -2.42. The Morgan fingerprint density at radius 3 is 2.54 bits per heavy atom. The van der Waals surface area contributed by atoms with Gasteiger partial charge in [0.15, 0.2) is 0 Å². The minimum atomic E-state index is 0.0689. The molecule has 1 saturated heterocycles. The molecule has 134 valence electrons. The van der Waals surface area contributed by atoms with E-state index in [9.17, 15) is 0 Å². The van der Waals surface area contributed by atoms with Crippen LogP contribution in [0.2, 0.25) is 0 Å². The maximum Gasteiger partial charge on any atom is 0.247 e. The van der Waals surface area contributed by atoms with Gasteiger partial charge in [-0.15, -0.1) is 10.2 Å². The standard InChI is InChI=1S/C21H23N3O2/c1-15-8-10-18(11-9-15)21-23-22-20(26-21)14-24-12-16(2)25-19(13-24)17-6-4-3-5-7-17/h3-11,16,19H,12-14H2,1-2H3. The lowest BCUT2D eigenvalue weighted by atomic mass is 10.1. The van der Waals surface area contributed by atoms with E-state index in [-0.39, 0.29) is 12.2 Å². The fraction of sp³-hybridized carbons (Fsp3) is 0.333. The molecule has 5 heteroatoms. The Morgan fingerprint density at radius 2 is 1.77 bits per heavy atom. The van der Waals surface area contributed by atoms with Gasteiger partial charge in [-0.1, -0.05) is 48.0 Å². The first-order valence-corrected chi connectivity index (χ1v) is 8.99. The molecule has 1 aliphatic heterocycles. The summed E-state index contributed by atoms with van der Waals surface area (Å²) in [6.45, 7) is 6.47. The van der Waals surface area contributed by atoms with Gasteiger partial charge in [0.05, 0.1) is 18.8 Å². The average Bonchev–Trinajstić information content (AvgIpc) is 3.11. The van der Waals surface area contributed by atoms with E-state index < -0.39 is 0 Å². The number of aryl methyl sites for hydroxylation is 1. The third-order valence-electron chi connectivity index (χ3n) is 4.63. The van der Waals surface area contributed by atoms with Crippen molar-refractivity contribution >= 4 is 0 Å². The number of aromatic nitrogens is 2. The normalized spacial score (nSPS) is 21.0. The summed E-state index contributed by atoms with van der Waals surface area (Å²) in [6.07, 6.45) is 0.230. The van der Waals surface area contributed by atoms with Gasteiger partial charge in [0, 0.05) is 18.7 Å². The van der Waals surface area contributed by atoms with Gasteiger partial charge in [-0.2, -0.15) is 0 Å². The number of nitrogens with zero attached hydrogens (tertiary/aromatic N) is 3. The molecule has 0 bridgehead atoms.